The summed E-state index contributed by atoms with van der Waals surface area (Å²) in [5.41, 5.74) is 5.63. The van der Waals surface area contributed by atoms with Crippen LogP contribution in [0.2, 0.25) is 0 Å². The van der Waals surface area contributed by atoms with Gasteiger partial charge in [0.15, 0.2) is 5.16 Å². The van der Waals surface area contributed by atoms with Crippen molar-refractivity contribution in [2.24, 2.45) is 5.73 Å². The number of nitrogens with zero attached hydrogens (tertiary/aromatic N) is 4. The molecule has 6 heteroatoms. The molecule has 1 aliphatic rings. The van der Waals surface area contributed by atoms with Gasteiger partial charge in [-0.25, -0.2) is 0 Å². The minimum Gasteiger partial charge on any atom is -0.324 e. The molecule has 0 bridgehead atoms. The molecule has 0 atom stereocenters. The molecule has 2 N–H and O–H groups in total. The molecule has 5 nitrogen and oxygen atoms in total. The molecule has 1 saturated heterocycles. The summed E-state index contributed by atoms with van der Waals surface area (Å²) in [7, 11) is 0. The number of thioether (sulfide) groups is 1. The first-order chi connectivity index (χ1) is 8.35. The van der Waals surface area contributed by atoms with E-state index in [4.69, 9.17) is 5.73 Å². The smallest absolute Gasteiger partial charge is 0.191 e. The maximum Gasteiger partial charge on any atom is 0.191 e. The molecule has 0 spiro atoms. The lowest BCUT2D eigenvalue weighted by molar-refractivity contribution is 0.362. The fourth-order valence-electron chi connectivity index (χ4n) is 2.17. The summed E-state index contributed by atoms with van der Waals surface area (Å²) >= 11 is 1.79. The van der Waals surface area contributed by atoms with Crippen LogP contribution in [-0.2, 0) is 13.1 Å². The van der Waals surface area contributed by atoms with Crippen molar-refractivity contribution in [2.45, 2.75) is 38.0 Å². The molecule has 96 valence electrons. The van der Waals surface area contributed by atoms with E-state index < -0.39 is 0 Å². The van der Waals surface area contributed by atoms with Crippen molar-refractivity contribution in [1.29, 1.82) is 0 Å². The Kier molecular flexibility index (Phi) is 4.82. The quantitative estimate of drug-likeness (QED) is 0.767. The predicted octanol–water partition coefficient (Wildman–Crippen LogP) is 0.945. The van der Waals surface area contributed by atoms with Crippen molar-refractivity contribution < 1.29 is 0 Å². The molecule has 0 unspecified atom stereocenters. The first kappa shape index (κ1) is 12.9. The Morgan fingerprint density at radius 2 is 2.06 bits per heavy atom. The van der Waals surface area contributed by atoms with Crippen molar-refractivity contribution in [1.82, 2.24) is 19.7 Å². The van der Waals surface area contributed by atoms with E-state index in [0.29, 0.717) is 6.54 Å². The van der Waals surface area contributed by atoms with Gasteiger partial charge in [0.2, 0.25) is 0 Å². The predicted molar refractivity (Wildman–Crippen MR) is 70.0 cm³/mol. The first-order valence-electron chi connectivity index (χ1n) is 6.32. The van der Waals surface area contributed by atoms with Gasteiger partial charge in [-0.3, -0.25) is 0 Å². The van der Waals surface area contributed by atoms with Crippen LogP contribution >= 0.6 is 11.8 Å². The maximum absolute atomic E-state index is 5.63. The van der Waals surface area contributed by atoms with Crippen molar-refractivity contribution in [3.8, 4) is 0 Å². The second-order valence-corrected chi connectivity index (χ2v) is 5.31. The molecule has 2 rings (SSSR count). The van der Waals surface area contributed by atoms with E-state index in [9.17, 15) is 0 Å². The van der Waals surface area contributed by atoms with Gasteiger partial charge in [-0.15, -0.1) is 10.2 Å². The highest BCUT2D eigenvalue weighted by molar-refractivity contribution is 7.99. The summed E-state index contributed by atoms with van der Waals surface area (Å²) in [6.45, 7) is 7.13. The maximum atomic E-state index is 5.63. The van der Waals surface area contributed by atoms with Crippen LogP contribution in [-0.4, -0.2) is 45.1 Å². The number of likely N-dealkylation sites (tertiary alicyclic amines) is 1. The van der Waals surface area contributed by atoms with Gasteiger partial charge in [-0.1, -0.05) is 11.8 Å². The van der Waals surface area contributed by atoms with Crippen molar-refractivity contribution >= 4 is 11.8 Å². The highest BCUT2D eigenvalue weighted by Gasteiger charge is 2.13. The zero-order chi connectivity index (χ0) is 12.1. The molecule has 17 heavy (non-hydrogen) atoms. The SMILES string of the molecule is CCn1c(CN)nnc1SCCN1CCCC1. The molecular formula is C11H21N5S. The van der Waals surface area contributed by atoms with E-state index in [1.54, 1.807) is 11.8 Å². The van der Waals surface area contributed by atoms with Crippen LogP contribution in [0.1, 0.15) is 25.6 Å². The molecule has 0 aromatic carbocycles. The highest BCUT2D eigenvalue weighted by atomic mass is 32.2. The van der Waals surface area contributed by atoms with Crippen LogP contribution in [0.3, 0.4) is 0 Å². The molecule has 0 aliphatic carbocycles. The number of hydrogen-bond donors (Lipinski definition) is 1. The number of rotatable bonds is 6. The van der Waals surface area contributed by atoms with E-state index in [1.165, 1.54) is 25.9 Å². The Labute approximate surface area is 107 Å². The molecule has 1 aliphatic heterocycles. The monoisotopic (exact) mass is 255 g/mol. The summed E-state index contributed by atoms with van der Waals surface area (Å²) in [6.07, 6.45) is 2.71. The van der Waals surface area contributed by atoms with Gasteiger partial charge in [0.25, 0.3) is 0 Å². The van der Waals surface area contributed by atoms with Gasteiger partial charge in [0.1, 0.15) is 5.82 Å². The Morgan fingerprint density at radius 3 is 2.71 bits per heavy atom. The summed E-state index contributed by atoms with van der Waals surface area (Å²) in [6, 6.07) is 0. The average Bonchev–Trinajstić information content (AvgIpc) is 2.97. The third kappa shape index (κ3) is 3.20. The minimum absolute atomic E-state index is 0.466. The largest absolute Gasteiger partial charge is 0.324 e. The summed E-state index contributed by atoms with van der Waals surface area (Å²) in [5, 5.41) is 9.32. The molecule has 1 fully saturated rings. The average molecular weight is 255 g/mol. The van der Waals surface area contributed by atoms with Crippen LogP contribution < -0.4 is 5.73 Å². The Hall–Kier alpha value is -0.590. The lowest BCUT2D eigenvalue weighted by Gasteiger charge is -2.13. The standard InChI is InChI=1S/C11H21N5S/c1-2-16-10(9-12)13-14-11(16)17-8-7-15-5-3-4-6-15/h2-9,12H2,1H3. The molecule has 0 amide bonds. The number of nitrogens with two attached hydrogens (primary N) is 1. The van der Waals surface area contributed by atoms with Crippen LogP contribution in [0.25, 0.3) is 0 Å². The van der Waals surface area contributed by atoms with Gasteiger partial charge in [-0.05, 0) is 32.9 Å². The zero-order valence-electron chi connectivity index (χ0n) is 10.4. The van der Waals surface area contributed by atoms with E-state index in [-0.39, 0.29) is 0 Å². The lowest BCUT2D eigenvalue weighted by Crippen LogP contribution is -2.22. The first-order valence-corrected chi connectivity index (χ1v) is 7.31. The molecule has 0 saturated carbocycles. The fraction of sp³-hybridized carbons (Fsp3) is 0.818. The Morgan fingerprint density at radius 1 is 1.29 bits per heavy atom. The summed E-state index contributed by atoms with van der Waals surface area (Å²) < 4.78 is 2.11. The molecule has 1 aromatic heterocycles. The molecule has 2 heterocycles. The Bertz CT molecular complexity index is 346. The number of hydrogen-bond acceptors (Lipinski definition) is 5. The van der Waals surface area contributed by atoms with Crippen LogP contribution in [0.4, 0.5) is 0 Å². The van der Waals surface area contributed by atoms with Gasteiger partial charge < -0.3 is 15.2 Å². The lowest BCUT2D eigenvalue weighted by atomic mass is 10.4. The van der Waals surface area contributed by atoms with Crippen LogP contribution in [0, 0.1) is 0 Å². The van der Waals surface area contributed by atoms with E-state index in [2.05, 4.69) is 26.6 Å². The van der Waals surface area contributed by atoms with E-state index in [1.807, 2.05) is 0 Å². The second kappa shape index (κ2) is 6.37. The summed E-state index contributed by atoms with van der Waals surface area (Å²) in [4.78, 5) is 2.52. The summed E-state index contributed by atoms with van der Waals surface area (Å²) in [5.74, 6) is 1.97. The fourth-order valence-corrected chi connectivity index (χ4v) is 3.19. The van der Waals surface area contributed by atoms with Crippen molar-refractivity contribution in [2.75, 3.05) is 25.4 Å². The van der Waals surface area contributed by atoms with E-state index in [0.717, 1.165) is 29.8 Å². The van der Waals surface area contributed by atoms with Gasteiger partial charge in [-0.2, -0.15) is 0 Å². The van der Waals surface area contributed by atoms with Crippen LogP contribution in [0.15, 0.2) is 5.16 Å². The highest BCUT2D eigenvalue weighted by Crippen LogP contribution is 2.18. The van der Waals surface area contributed by atoms with Crippen molar-refractivity contribution in [3.05, 3.63) is 5.82 Å². The third-order valence-electron chi connectivity index (χ3n) is 3.13. The van der Waals surface area contributed by atoms with Gasteiger partial charge in [0, 0.05) is 18.8 Å². The van der Waals surface area contributed by atoms with Gasteiger partial charge >= 0.3 is 0 Å². The topological polar surface area (TPSA) is 60.0 Å². The third-order valence-corrected chi connectivity index (χ3v) is 4.08. The number of aromatic nitrogens is 3. The van der Waals surface area contributed by atoms with E-state index >= 15 is 0 Å². The zero-order valence-corrected chi connectivity index (χ0v) is 11.2. The second-order valence-electron chi connectivity index (χ2n) is 4.24. The molecule has 1 aromatic rings. The normalized spacial score (nSPS) is 16.8. The van der Waals surface area contributed by atoms with Gasteiger partial charge in [0.05, 0.1) is 6.54 Å². The molecule has 0 radical (unpaired) electrons. The Balaban J connectivity index is 1.83. The minimum atomic E-state index is 0.466. The molecular weight excluding hydrogens is 234 g/mol. The van der Waals surface area contributed by atoms with Crippen LogP contribution in [0.5, 0.6) is 0 Å². The van der Waals surface area contributed by atoms with Crippen molar-refractivity contribution in [3.63, 3.8) is 0 Å².